The molecule has 0 amide bonds. The average Bonchev–Trinajstić information content (AvgIpc) is 3.27. The Morgan fingerprint density at radius 2 is 1.97 bits per heavy atom. The van der Waals surface area contributed by atoms with Crippen LogP contribution in [0.5, 0.6) is 5.75 Å². The predicted octanol–water partition coefficient (Wildman–Crippen LogP) is 4.50. The Labute approximate surface area is 201 Å². The number of nitrogen functional groups attached to an aromatic ring is 1. The summed E-state index contributed by atoms with van der Waals surface area (Å²) < 4.78 is 11.8. The maximum absolute atomic E-state index is 13.7. The minimum absolute atomic E-state index is 0.00513. The van der Waals surface area contributed by atoms with Crippen molar-refractivity contribution >= 4 is 28.2 Å². The van der Waals surface area contributed by atoms with Gasteiger partial charge in [0.2, 0.25) is 11.3 Å². The summed E-state index contributed by atoms with van der Waals surface area (Å²) in [6, 6.07) is 11.4. The van der Waals surface area contributed by atoms with Crippen LogP contribution < -0.4 is 11.2 Å². The van der Waals surface area contributed by atoms with Crippen molar-refractivity contribution in [2.75, 3.05) is 32.0 Å². The van der Waals surface area contributed by atoms with E-state index in [1.54, 1.807) is 6.07 Å². The molecule has 1 fully saturated rings. The zero-order valence-electron chi connectivity index (χ0n) is 19.2. The lowest BCUT2D eigenvalue weighted by molar-refractivity contribution is 0.0236. The molecule has 2 aromatic carbocycles. The number of ether oxygens (including phenoxy) is 1. The van der Waals surface area contributed by atoms with Crippen LogP contribution in [0, 0.1) is 6.92 Å². The number of phenolic OH excluding ortho intramolecular Hbond substituents is 1. The number of anilines is 1. The maximum atomic E-state index is 13.7. The maximum Gasteiger partial charge on any atom is 0.205 e. The molecular formula is C26H27N3O4S. The molecule has 176 valence electrons. The fraction of sp³-hybridized carbons (Fsp3) is 0.308. The first-order chi connectivity index (χ1) is 16.5. The number of benzene rings is 2. The van der Waals surface area contributed by atoms with Crippen LogP contribution in [0.15, 0.2) is 51.0 Å². The monoisotopic (exact) mass is 477 g/mol. The lowest BCUT2D eigenvalue weighted by atomic mass is 9.91. The highest BCUT2D eigenvalue weighted by Crippen LogP contribution is 2.43. The summed E-state index contributed by atoms with van der Waals surface area (Å²) in [4.78, 5) is 20.4. The predicted molar refractivity (Wildman–Crippen MR) is 134 cm³/mol. The summed E-state index contributed by atoms with van der Waals surface area (Å²) in [5.74, 6) is 0.140. The van der Waals surface area contributed by atoms with Crippen molar-refractivity contribution in [3.8, 4) is 16.3 Å². The summed E-state index contributed by atoms with van der Waals surface area (Å²) in [6.45, 7) is 6.39. The summed E-state index contributed by atoms with van der Waals surface area (Å²) in [7, 11) is 0. The van der Waals surface area contributed by atoms with E-state index in [1.807, 2.05) is 49.6 Å². The number of nitrogens with two attached hydrogens (primary N) is 1. The molecule has 0 aliphatic carbocycles. The van der Waals surface area contributed by atoms with Gasteiger partial charge in [0.25, 0.3) is 0 Å². The Hall–Kier alpha value is -3.20. The average molecular weight is 478 g/mol. The van der Waals surface area contributed by atoms with Crippen molar-refractivity contribution in [3.05, 3.63) is 74.4 Å². The van der Waals surface area contributed by atoms with Gasteiger partial charge in [-0.3, -0.25) is 9.69 Å². The molecule has 1 atom stereocenters. The molecular weight excluding hydrogens is 450 g/mol. The van der Waals surface area contributed by atoms with Crippen molar-refractivity contribution < 1.29 is 14.3 Å². The quantitative estimate of drug-likeness (QED) is 0.436. The van der Waals surface area contributed by atoms with Crippen molar-refractivity contribution in [1.29, 1.82) is 0 Å². The normalized spacial score (nSPS) is 15.6. The van der Waals surface area contributed by atoms with E-state index < -0.39 is 0 Å². The molecule has 1 aliphatic rings. The second kappa shape index (κ2) is 9.21. The Bertz CT molecular complexity index is 1390. The minimum Gasteiger partial charge on any atom is -0.507 e. The smallest absolute Gasteiger partial charge is 0.205 e. The Morgan fingerprint density at radius 1 is 1.24 bits per heavy atom. The van der Waals surface area contributed by atoms with Gasteiger partial charge in [0, 0.05) is 24.2 Å². The van der Waals surface area contributed by atoms with Gasteiger partial charge < -0.3 is 20.0 Å². The van der Waals surface area contributed by atoms with Crippen molar-refractivity contribution in [1.82, 2.24) is 9.88 Å². The lowest BCUT2D eigenvalue weighted by Crippen LogP contribution is -2.39. The van der Waals surface area contributed by atoms with Crippen LogP contribution in [0.2, 0.25) is 0 Å². The topological polar surface area (TPSA) is 102 Å². The van der Waals surface area contributed by atoms with Gasteiger partial charge in [-0.15, -0.1) is 11.3 Å². The molecule has 7 nitrogen and oxygen atoms in total. The third-order valence-corrected chi connectivity index (χ3v) is 7.29. The molecule has 1 saturated heterocycles. The van der Waals surface area contributed by atoms with Crippen molar-refractivity contribution in [2.45, 2.75) is 26.3 Å². The number of hydrogen-bond acceptors (Lipinski definition) is 8. The number of aromatic hydroxyl groups is 1. The van der Waals surface area contributed by atoms with Gasteiger partial charge >= 0.3 is 0 Å². The highest BCUT2D eigenvalue weighted by molar-refractivity contribution is 7.13. The second-order valence-corrected chi connectivity index (χ2v) is 9.31. The molecule has 3 N–H and O–H groups in total. The highest BCUT2D eigenvalue weighted by atomic mass is 32.1. The molecule has 0 radical (unpaired) electrons. The summed E-state index contributed by atoms with van der Waals surface area (Å²) in [5, 5.41) is 14.3. The number of phenols is 1. The lowest BCUT2D eigenvalue weighted by Gasteiger charge is -2.35. The minimum atomic E-state index is -0.324. The zero-order chi connectivity index (χ0) is 23.8. The zero-order valence-corrected chi connectivity index (χ0v) is 20.0. The van der Waals surface area contributed by atoms with Crippen LogP contribution in [0.4, 0.5) is 5.88 Å². The number of nitrogens with zero attached hydrogens (tertiary/aromatic N) is 2. The van der Waals surface area contributed by atoms with Crippen LogP contribution in [0.1, 0.15) is 35.3 Å². The third kappa shape index (κ3) is 3.87. The molecule has 0 saturated carbocycles. The molecule has 8 heteroatoms. The summed E-state index contributed by atoms with van der Waals surface area (Å²) in [6.07, 6.45) is 0.564. The first-order valence-corrected chi connectivity index (χ1v) is 12.3. The fourth-order valence-corrected chi connectivity index (χ4v) is 5.49. The summed E-state index contributed by atoms with van der Waals surface area (Å²) >= 11 is 1.36. The number of fused-ring (bicyclic) bond motifs is 1. The van der Waals surface area contributed by atoms with Crippen LogP contribution in [-0.4, -0.2) is 41.3 Å². The van der Waals surface area contributed by atoms with E-state index >= 15 is 0 Å². The molecule has 1 aliphatic heterocycles. The Balaban J connectivity index is 1.83. The molecule has 3 heterocycles. The van der Waals surface area contributed by atoms with E-state index in [1.165, 1.54) is 11.3 Å². The van der Waals surface area contributed by atoms with Crippen molar-refractivity contribution in [2.24, 2.45) is 0 Å². The number of hydrogen-bond donors (Lipinski definition) is 2. The molecule has 0 bridgehead atoms. The standard InChI is InChI=1S/C26H27N3O4S/c1-3-16-13-18-23(31)20(26-28-15(2)14-34-26)25(27)33-24(18)19(22(16)30)21(17-7-5-4-6-8-17)29-9-11-32-12-10-29/h4-8,13-14,21,30H,3,9-12,27H2,1-2H3. The number of aryl methyl sites for hydroxylation is 2. The number of thiazole rings is 1. The van der Waals surface area contributed by atoms with Gasteiger partial charge in [-0.25, -0.2) is 4.98 Å². The third-order valence-electron chi connectivity index (χ3n) is 6.31. The molecule has 5 rings (SSSR count). The Morgan fingerprint density at radius 3 is 2.62 bits per heavy atom. The molecule has 4 aromatic rings. The SMILES string of the molecule is CCc1cc2c(=O)c(-c3nc(C)cs3)c(N)oc2c(C(c2ccccc2)N2CCOCC2)c1O. The number of aromatic nitrogens is 1. The van der Waals surface area contributed by atoms with Gasteiger partial charge in [0.1, 0.15) is 21.9 Å². The van der Waals surface area contributed by atoms with E-state index in [4.69, 9.17) is 14.9 Å². The highest BCUT2D eigenvalue weighted by Gasteiger charge is 2.32. The molecule has 2 aromatic heterocycles. The van der Waals surface area contributed by atoms with Gasteiger partial charge in [0.15, 0.2) is 0 Å². The van der Waals surface area contributed by atoms with Gasteiger partial charge in [0.05, 0.1) is 30.2 Å². The van der Waals surface area contributed by atoms with E-state index in [0.717, 1.165) is 11.3 Å². The van der Waals surface area contributed by atoms with Crippen LogP contribution in [0.25, 0.3) is 21.5 Å². The Kier molecular flexibility index (Phi) is 6.12. The number of morpholine rings is 1. The van der Waals surface area contributed by atoms with Gasteiger partial charge in [-0.1, -0.05) is 37.3 Å². The summed E-state index contributed by atoms with van der Waals surface area (Å²) in [5.41, 5.74) is 9.73. The van der Waals surface area contributed by atoms with Gasteiger partial charge in [-0.2, -0.15) is 0 Å². The van der Waals surface area contributed by atoms with E-state index in [9.17, 15) is 9.90 Å². The fourth-order valence-electron chi connectivity index (χ4n) is 4.65. The van der Waals surface area contributed by atoms with Crippen LogP contribution in [0.3, 0.4) is 0 Å². The number of rotatable bonds is 5. The van der Waals surface area contributed by atoms with Gasteiger partial charge in [-0.05, 0) is 30.5 Å². The van der Waals surface area contributed by atoms with Crippen molar-refractivity contribution in [3.63, 3.8) is 0 Å². The molecule has 1 unspecified atom stereocenters. The van der Waals surface area contributed by atoms with Crippen LogP contribution in [-0.2, 0) is 11.2 Å². The van der Waals surface area contributed by atoms with E-state index in [0.29, 0.717) is 59.8 Å². The molecule has 34 heavy (non-hydrogen) atoms. The largest absolute Gasteiger partial charge is 0.507 e. The van der Waals surface area contributed by atoms with E-state index in [2.05, 4.69) is 9.88 Å². The van der Waals surface area contributed by atoms with Crippen LogP contribution >= 0.6 is 11.3 Å². The first kappa shape index (κ1) is 22.6. The molecule has 0 spiro atoms. The second-order valence-electron chi connectivity index (χ2n) is 8.45. The van der Waals surface area contributed by atoms with E-state index in [-0.39, 0.29) is 28.7 Å². The first-order valence-electron chi connectivity index (χ1n) is 11.4.